The third-order valence-electron chi connectivity index (χ3n) is 2.74. The molecule has 0 fully saturated rings. The van der Waals surface area contributed by atoms with Gasteiger partial charge in [-0.3, -0.25) is 14.6 Å². The standard InChI is InChI=1S/C13H14N4O3/c1-9-3-2-6-14-12(9)15-10(18)4-7-17-8-5-11(19)16-13(17)20/h2-3,5-6,8H,4,7H2,1H3,(H,14,15,18)(H,16,19,20). The van der Waals surface area contributed by atoms with E-state index in [1.807, 2.05) is 13.0 Å². The van der Waals surface area contributed by atoms with Gasteiger partial charge in [-0.2, -0.15) is 0 Å². The van der Waals surface area contributed by atoms with Crippen molar-refractivity contribution in [2.45, 2.75) is 19.9 Å². The number of hydrogen-bond acceptors (Lipinski definition) is 4. The quantitative estimate of drug-likeness (QED) is 0.836. The highest BCUT2D eigenvalue weighted by molar-refractivity contribution is 5.90. The third kappa shape index (κ3) is 3.41. The molecule has 2 aromatic rings. The van der Waals surface area contributed by atoms with Crippen LogP contribution in [0.25, 0.3) is 0 Å². The Morgan fingerprint density at radius 2 is 2.20 bits per heavy atom. The van der Waals surface area contributed by atoms with Crippen molar-refractivity contribution in [3.63, 3.8) is 0 Å². The number of carbonyl (C=O) groups is 1. The SMILES string of the molecule is Cc1cccnc1NC(=O)CCn1ccc(=O)[nH]c1=O. The highest BCUT2D eigenvalue weighted by atomic mass is 16.2. The molecule has 0 spiro atoms. The normalized spacial score (nSPS) is 10.2. The van der Waals surface area contributed by atoms with E-state index in [1.54, 1.807) is 12.3 Å². The van der Waals surface area contributed by atoms with Gasteiger partial charge in [0.1, 0.15) is 5.82 Å². The average Bonchev–Trinajstić information content (AvgIpc) is 2.40. The summed E-state index contributed by atoms with van der Waals surface area (Å²) in [7, 11) is 0. The Hall–Kier alpha value is -2.70. The Morgan fingerprint density at radius 1 is 1.40 bits per heavy atom. The molecule has 0 saturated heterocycles. The Labute approximate surface area is 114 Å². The predicted octanol–water partition coefficient (Wildman–Crippen LogP) is 0.269. The average molecular weight is 274 g/mol. The first kappa shape index (κ1) is 13.7. The molecule has 2 rings (SSSR count). The maximum Gasteiger partial charge on any atom is 0.328 e. The van der Waals surface area contributed by atoms with Crippen LogP contribution in [0.3, 0.4) is 0 Å². The summed E-state index contributed by atoms with van der Waals surface area (Å²) in [6, 6.07) is 4.86. The van der Waals surface area contributed by atoms with Crippen molar-refractivity contribution in [3.8, 4) is 0 Å². The highest BCUT2D eigenvalue weighted by Gasteiger charge is 2.06. The summed E-state index contributed by atoms with van der Waals surface area (Å²) in [4.78, 5) is 40.3. The minimum atomic E-state index is -0.528. The molecule has 2 heterocycles. The smallest absolute Gasteiger partial charge is 0.310 e. The maximum atomic E-state index is 11.8. The van der Waals surface area contributed by atoms with Crippen LogP contribution < -0.4 is 16.6 Å². The molecule has 0 saturated carbocycles. The molecule has 0 radical (unpaired) electrons. The van der Waals surface area contributed by atoms with Gasteiger partial charge in [0.25, 0.3) is 5.56 Å². The molecule has 20 heavy (non-hydrogen) atoms. The van der Waals surface area contributed by atoms with Crippen LogP contribution in [0.15, 0.2) is 40.2 Å². The number of aryl methyl sites for hydroxylation is 2. The number of nitrogens with zero attached hydrogens (tertiary/aromatic N) is 2. The maximum absolute atomic E-state index is 11.8. The van der Waals surface area contributed by atoms with Crippen molar-refractivity contribution < 1.29 is 4.79 Å². The molecule has 2 aromatic heterocycles. The zero-order valence-electron chi connectivity index (χ0n) is 10.9. The van der Waals surface area contributed by atoms with Crippen molar-refractivity contribution in [3.05, 3.63) is 57.0 Å². The fourth-order valence-corrected chi connectivity index (χ4v) is 1.65. The minimum absolute atomic E-state index is 0.113. The van der Waals surface area contributed by atoms with Crippen LogP contribution >= 0.6 is 0 Å². The van der Waals surface area contributed by atoms with Gasteiger partial charge in [0.2, 0.25) is 5.91 Å². The van der Waals surface area contributed by atoms with Gasteiger partial charge in [0.15, 0.2) is 0 Å². The number of pyridine rings is 1. The van der Waals surface area contributed by atoms with Crippen LogP contribution in [0.2, 0.25) is 0 Å². The van der Waals surface area contributed by atoms with Gasteiger partial charge in [0.05, 0.1) is 0 Å². The first-order valence-corrected chi connectivity index (χ1v) is 6.07. The molecular formula is C13H14N4O3. The van der Waals surface area contributed by atoms with Crippen molar-refractivity contribution in [2.75, 3.05) is 5.32 Å². The van der Waals surface area contributed by atoms with Crippen molar-refractivity contribution in [1.82, 2.24) is 14.5 Å². The molecule has 7 heteroatoms. The highest BCUT2D eigenvalue weighted by Crippen LogP contribution is 2.09. The summed E-state index contributed by atoms with van der Waals surface area (Å²) in [5.41, 5.74) is -0.124. The van der Waals surface area contributed by atoms with Gasteiger partial charge in [-0.05, 0) is 18.6 Å². The number of rotatable bonds is 4. The van der Waals surface area contributed by atoms with Crippen LogP contribution in [0, 0.1) is 6.92 Å². The lowest BCUT2D eigenvalue weighted by Crippen LogP contribution is -2.29. The van der Waals surface area contributed by atoms with Crippen LogP contribution in [-0.2, 0) is 11.3 Å². The number of H-pyrrole nitrogens is 1. The molecule has 7 nitrogen and oxygen atoms in total. The lowest BCUT2D eigenvalue weighted by atomic mass is 10.3. The van der Waals surface area contributed by atoms with Gasteiger partial charge < -0.3 is 9.88 Å². The topological polar surface area (TPSA) is 96.8 Å². The van der Waals surface area contributed by atoms with E-state index in [2.05, 4.69) is 15.3 Å². The lowest BCUT2D eigenvalue weighted by molar-refractivity contribution is -0.116. The van der Waals surface area contributed by atoms with Crippen LogP contribution in [-0.4, -0.2) is 20.4 Å². The third-order valence-corrected chi connectivity index (χ3v) is 2.74. The molecule has 0 aliphatic rings. The largest absolute Gasteiger partial charge is 0.328 e. The first-order chi connectivity index (χ1) is 9.56. The molecule has 0 unspecified atom stereocenters. The zero-order valence-corrected chi connectivity index (χ0v) is 10.9. The second kappa shape index (κ2) is 5.96. The monoisotopic (exact) mass is 274 g/mol. The van der Waals surface area contributed by atoms with Crippen LogP contribution in [0.4, 0.5) is 5.82 Å². The second-order valence-electron chi connectivity index (χ2n) is 4.27. The summed E-state index contributed by atoms with van der Waals surface area (Å²) < 4.78 is 1.27. The van der Waals surface area contributed by atoms with Gasteiger partial charge in [-0.15, -0.1) is 0 Å². The molecule has 0 aliphatic carbocycles. The van der Waals surface area contributed by atoms with Gasteiger partial charge in [-0.25, -0.2) is 9.78 Å². The Bertz CT molecular complexity index is 733. The first-order valence-electron chi connectivity index (χ1n) is 6.07. The van der Waals surface area contributed by atoms with Gasteiger partial charge >= 0.3 is 5.69 Å². The number of aromatic nitrogens is 3. The number of carbonyl (C=O) groups excluding carboxylic acids is 1. The van der Waals surface area contributed by atoms with E-state index < -0.39 is 11.2 Å². The molecule has 0 aromatic carbocycles. The van der Waals surface area contributed by atoms with Crippen molar-refractivity contribution in [1.29, 1.82) is 0 Å². The van der Waals surface area contributed by atoms with E-state index in [4.69, 9.17) is 0 Å². The summed E-state index contributed by atoms with van der Waals surface area (Å²) >= 11 is 0. The second-order valence-corrected chi connectivity index (χ2v) is 4.27. The van der Waals surface area contributed by atoms with Gasteiger partial charge in [-0.1, -0.05) is 6.07 Å². The van der Waals surface area contributed by atoms with Crippen LogP contribution in [0.1, 0.15) is 12.0 Å². The van der Waals surface area contributed by atoms with Crippen LogP contribution in [0.5, 0.6) is 0 Å². The fourth-order valence-electron chi connectivity index (χ4n) is 1.65. The minimum Gasteiger partial charge on any atom is -0.310 e. The summed E-state index contributed by atoms with van der Waals surface area (Å²) in [5.74, 6) is 0.260. The van der Waals surface area contributed by atoms with E-state index >= 15 is 0 Å². The van der Waals surface area contributed by atoms with Crippen molar-refractivity contribution in [2.24, 2.45) is 0 Å². The molecule has 0 atom stereocenters. The number of aromatic amines is 1. The van der Waals surface area contributed by atoms with E-state index in [1.165, 1.54) is 16.8 Å². The van der Waals surface area contributed by atoms with E-state index in [9.17, 15) is 14.4 Å². The molecule has 1 amide bonds. The summed E-state index contributed by atoms with van der Waals surface area (Å²) in [6.07, 6.45) is 3.07. The Kier molecular flexibility index (Phi) is 4.09. The number of nitrogens with one attached hydrogen (secondary N) is 2. The molecule has 0 aliphatic heterocycles. The number of hydrogen-bond donors (Lipinski definition) is 2. The molecule has 104 valence electrons. The Morgan fingerprint density at radius 3 is 2.90 bits per heavy atom. The Balaban J connectivity index is 1.97. The number of anilines is 1. The fraction of sp³-hybridized carbons (Fsp3) is 0.231. The van der Waals surface area contributed by atoms with Gasteiger partial charge in [0, 0.05) is 31.4 Å². The molecule has 2 N–H and O–H groups in total. The summed E-state index contributed by atoms with van der Waals surface area (Å²) in [5, 5.41) is 2.67. The van der Waals surface area contributed by atoms with E-state index in [0.717, 1.165) is 5.56 Å². The molecular weight excluding hydrogens is 260 g/mol. The van der Waals surface area contributed by atoms with E-state index in [0.29, 0.717) is 5.82 Å². The summed E-state index contributed by atoms with van der Waals surface area (Å²) in [6.45, 7) is 2.03. The number of amides is 1. The van der Waals surface area contributed by atoms with Crippen molar-refractivity contribution >= 4 is 11.7 Å². The lowest BCUT2D eigenvalue weighted by Gasteiger charge is -2.07. The zero-order chi connectivity index (χ0) is 14.5. The predicted molar refractivity (Wildman–Crippen MR) is 73.5 cm³/mol. The van der Waals surface area contributed by atoms with E-state index in [-0.39, 0.29) is 18.9 Å². The molecule has 0 bridgehead atoms.